The summed E-state index contributed by atoms with van der Waals surface area (Å²) in [4.78, 5) is 8.29. The standard InChI is InChI=1S/C13H14N4O/c1-14-12-6-13(16-8-15-12)17-10-7-18-11-5-3-2-4-9(10)11/h2-6,8,10H,7H2,1H3,(H2,14,15,16,17). The van der Waals surface area contributed by atoms with E-state index in [1.807, 2.05) is 31.3 Å². The molecule has 5 heteroatoms. The fourth-order valence-electron chi connectivity index (χ4n) is 2.03. The third-order valence-corrected chi connectivity index (χ3v) is 2.95. The third kappa shape index (κ3) is 1.95. The van der Waals surface area contributed by atoms with Crippen molar-refractivity contribution < 1.29 is 4.74 Å². The van der Waals surface area contributed by atoms with Crippen molar-refractivity contribution in [3.8, 4) is 5.75 Å². The second-order valence-electron chi connectivity index (χ2n) is 4.08. The van der Waals surface area contributed by atoms with E-state index < -0.39 is 0 Å². The second-order valence-corrected chi connectivity index (χ2v) is 4.08. The van der Waals surface area contributed by atoms with Crippen LogP contribution in [0.25, 0.3) is 0 Å². The number of para-hydroxylation sites is 1. The number of ether oxygens (including phenoxy) is 1. The molecule has 2 N–H and O–H groups in total. The van der Waals surface area contributed by atoms with Crippen LogP contribution in [0.2, 0.25) is 0 Å². The Morgan fingerprint density at radius 3 is 2.94 bits per heavy atom. The minimum atomic E-state index is 0.140. The molecule has 0 saturated heterocycles. The molecule has 3 rings (SSSR count). The van der Waals surface area contributed by atoms with Crippen LogP contribution >= 0.6 is 0 Å². The van der Waals surface area contributed by atoms with Gasteiger partial charge in [-0.1, -0.05) is 18.2 Å². The predicted molar refractivity (Wildman–Crippen MR) is 69.9 cm³/mol. The molecular formula is C13H14N4O. The van der Waals surface area contributed by atoms with Crippen molar-refractivity contribution in [3.05, 3.63) is 42.2 Å². The summed E-state index contributed by atoms with van der Waals surface area (Å²) < 4.78 is 5.62. The van der Waals surface area contributed by atoms with Crippen molar-refractivity contribution in [1.29, 1.82) is 0 Å². The molecular weight excluding hydrogens is 228 g/mol. The Morgan fingerprint density at radius 2 is 2.06 bits per heavy atom. The molecule has 1 unspecified atom stereocenters. The maximum atomic E-state index is 5.62. The van der Waals surface area contributed by atoms with E-state index in [0.717, 1.165) is 17.4 Å². The summed E-state index contributed by atoms with van der Waals surface area (Å²) in [5.41, 5.74) is 1.17. The SMILES string of the molecule is CNc1cc(NC2COc3ccccc32)ncn1. The number of benzene rings is 1. The van der Waals surface area contributed by atoms with Gasteiger partial charge in [0.25, 0.3) is 0 Å². The quantitative estimate of drug-likeness (QED) is 0.862. The van der Waals surface area contributed by atoms with E-state index in [-0.39, 0.29) is 6.04 Å². The lowest BCUT2D eigenvalue weighted by molar-refractivity contribution is 0.339. The van der Waals surface area contributed by atoms with Gasteiger partial charge in [0.2, 0.25) is 0 Å². The molecule has 5 nitrogen and oxygen atoms in total. The van der Waals surface area contributed by atoms with Crippen LogP contribution in [0.15, 0.2) is 36.7 Å². The Labute approximate surface area is 105 Å². The zero-order valence-corrected chi connectivity index (χ0v) is 10.1. The topological polar surface area (TPSA) is 59.1 Å². The molecule has 1 aliphatic heterocycles. The number of fused-ring (bicyclic) bond motifs is 1. The van der Waals surface area contributed by atoms with Gasteiger partial charge in [-0.25, -0.2) is 9.97 Å². The van der Waals surface area contributed by atoms with Crippen LogP contribution < -0.4 is 15.4 Å². The van der Waals surface area contributed by atoms with Crippen molar-refractivity contribution in [2.45, 2.75) is 6.04 Å². The summed E-state index contributed by atoms with van der Waals surface area (Å²) in [6, 6.07) is 10.1. The van der Waals surface area contributed by atoms with Crippen LogP contribution in [-0.4, -0.2) is 23.6 Å². The van der Waals surface area contributed by atoms with Crippen LogP contribution in [-0.2, 0) is 0 Å². The highest BCUT2D eigenvalue weighted by atomic mass is 16.5. The molecule has 0 fully saturated rings. The van der Waals surface area contributed by atoms with Crippen molar-refractivity contribution in [3.63, 3.8) is 0 Å². The van der Waals surface area contributed by atoms with E-state index in [1.165, 1.54) is 11.9 Å². The van der Waals surface area contributed by atoms with Crippen molar-refractivity contribution in [2.24, 2.45) is 0 Å². The first-order chi connectivity index (χ1) is 8.86. The highest BCUT2D eigenvalue weighted by Gasteiger charge is 2.23. The summed E-state index contributed by atoms with van der Waals surface area (Å²) in [6.07, 6.45) is 1.54. The second kappa shape index (κ2) is 4.52. The summed E-state index contributed by atoms with van der Waals surface area (Å²) >= 11 is 0. The average molecular weight is 242 g/mol. The van der Waals surface area contributed by atoms with Crippen molar-refractivity contribution in [1.82, 2.24) is 9.97 Å². The summed E-state index contributed by atoms with van der Waals surface area (Å²) in [7, 11) is 1.83. The third-order valence-electron chi connectivity index (χ3n) is 2.95. The fourth-order valence-corrected chi connectivity index (χ4v) is 2.03. The average Bonchev–Trinajstić information content (AvgIpc) is 2.83. The Balaban J connectivity index is 1.82. The van der Waals surface area contributed by atoms with Gasteiger partial charge < -0.3 is 15.4 Å². The molecule has 18 heavy (non-hydrogen) atoms. The summed E-state index contributed by atoms with van der Waals surface area (Å²) in [6.45, 7) is 0.623. The van der Waals surface area contributed by atoms with E-state index in [0.29, 0.717) is 6.61 Å². The van der Waals surface area contributed by atoms with E-state index in [9.17, 15) is 0 Å². The Bertz CT molecular complexity index is 558. The lowest BCUT2D eigenvalue weighted by Crippen LogP contribution is -2.13. The molecule has 2 heterocycles. The van der Waals surface area contributed by atoms with Crippen LogP contribution in [0, 0.1) is 0 Å². The molecule has 1 aromatic heterocycles. The fraction of sp³-hybridized carbons (Fsp3) is 0.231. The molecule has 0 bridgehead atoms. The molecule has 0 aliphatic carbocycles. The minimum Gasteiger partial charge on any atom is -0.491 e. The Hall–Kier alpha value is -2.30. The maximum Gasteiger partial charge on any atom is 0.132 e. The normalized spacial score (nSPS) is 16.8. The van der Waals surface area contributed by atoms with Gasteiger partial charge in [0.05, 0.1) is 6.04 Å². The van der Waals surface area contributed by atoms with Gasteiger partial charge in [-0.3, -0.25) is 0 Å². The van der Waals surface area contributed by atoms with Gasteiger partial charge in [-0.05, 0) is 6.07 Å². The monoisotopic (exact) mass is 242 g/mol. The van der Waals surface area contributed by atoms with Gasteiger partial charge in [-0.15, -0.1) is 0 Å². The Kier molecular flexibility index (Phi) is 2.72. The zero-order chi connectivity index (χ0) is 12.4. The van der Waals surface area contributed by atoms with E-state index >= 15 is 0 Å². The number of anilines is 2. The van der Waals surface area contributed by atoms with Gasteiger partial charge in [-0.2, -0.15) is 0 Å². The van der Waals surface area contributed by atoms with Gasteiger partial charge in [0.15, 0.2) is 0 Å². The highest BCUT2D eigenvalue weighted by molar-refractivity contribution is 5.50. The van der Waals surface area contributed by atoms with E-state index in [1.54, 1.807) is 0 Å². The zero-order valence-electron chi connectivity index (χ0n) is 10.1. The number of nitrogens with one attached hydrogen (secondary N) is 2. The molecule has 1 aliphatic rings. The molecule has 0 radical (unpaired) electrons. The molecule has 0 saturated carbocycles. The Morgan fingerprint density at radius 1 is 1.22 bits per heavy atom. The summed E-state index contributed by atoms with van der Waals surface area (Å²) in [5, 5.41) is 6.34. The van der Waals surface area contributed by atoms with Gasteiger partial charge in [0, 0.05) is 18.7 Å². The van der Waals surface area contributed by atoms with Gasteiger partial charge in [0.1, 0.15) is 30.3 Å². The molecule has 0 spiro atoms. The number of hydrogen-bond acceptors (Lipinski definition) is 5. The number of hydrogen-bond donors (Lipinski definition) is 2. The lowest BCUT2D eigenvalue weighted by Gasteiger charge is -2.12. The number of nitrogens with zero attached hydrogens (tertiary/aromatic N) is 2. The largest absolute Gasteiger partial charge is 0.491 e. The van der Waals surface area contributed by atoms with Crippen LogP contribution in [0.4, 0.5) is 11.6 Å². The first-order valence-electron chi connectivity index (χ1n) is 5.85. The predicted octanol–water partition coefficient (Wildman–Crippen LogP) is 2.06. The van der Waals surface area contributed by atoms with Gasteiger partial charge >= 0.3 is 0 Å². The molecule has 1 atom stereocenters. The number of aromatic nitrogens is 2. The first kappa shape index (κ1) is 10.8. The number of rotatable bonds is 3. The maximum absolute atomic E-state index is 5.62. The molecule has 2 aromatic rings. The highest BCUT2D eigenvalue weighted by Crippen LogP contribution is 2.33. The smallest absolute Gasteiger partial charge is 0.132 e. The van der Waals surface area contributed by atoms with Crippen LogP contribution in [0.3, 0.4) is 0 Å². The molecule has 92 valence electrons. The van der Waals surface area contributed by atoms with Crippen molar-refractivity contribution in [2.75, 3.05) is 24.3 Å². The van der Waals surface area contributed by atoms with E-state index in [4.69, 9.17) is 4.74 Å². The molecule has 0 amide bonds. The van der Waals surface area contributed by atoms with E-state index in [2.05, 4.69) is 26.7 Å². The first-order valence-corrected chi connectivity index (χ1v) is 5.85. The summed E-state index contributed by atoms with van der Waals surface area (Å²) in [5.74, 6) is 2.53. The lowest BCUT2D eigenvalue weighted by atomic mass is 10.1. The van der Waals surface area contributed by atoms with Crippen LogP contribution in [0.1, 0.15) is 11.6 Å². The van der Waals surface area contributed by atoms with Crippen LogP contribution in [0.5, 0.6) is 5.75 Å². The minimum absolute atomic E-state index is 0.140. The van der Waals surface area contributed by atoms with Crippen molar-refractivity contribution >= 4 is 11.6 Å². The molecule has 1 aromatic carbocycles.